The monoisotopic (exact) mass is 252 g/mol. The number of nitrogens with zero attached hydrogens (tertiary/aromatic N) is 2. The Morgan fingerprint density at radius 3 is 2.11 bits per heavy atom. The van der Waals surface area contributed by atoms with Crippen LogP contribution in [0.25, 0.3) is 0 Å². The van der Waals surface area contributed by atoms with Crippen LogP contribution in [0.15, 0.2) is 18.5 Å². The summed E-state index contributed by atoms with van der Waals surface area (Å²) in [4.78, 5) is 28.6. The van der Waals surface area contributed by atoms with Crippen molar-refractivity contribution in [1.82, 2.24) is 9.88 Å². The van der Waals surface area contributed by atoms with Crippen molar-refractivity contribution in [2.75, 3.05) is 19.8 Å². The number of aromatic nitrogens is 1. The SMILES string of the molecule is O=C1c2ccncc2C(=O)N1C(CO)(CO)CO. The van der Waals surface area contributed by atoms with Crippen LogP contribution in [-0.2, 0) is 0 Å². The summed E-state index contributed by atoms with van der Waals surface area (Å²) in [7, 11) is 0. The van der Waals surface area contributed by atoms with Crippen molar-refractivity contribution in [2.45, 2.75) is 5.54 Å². The van der Waals surface area contributed by atoms with Gasteiger partial charge in [0.2, 0.25) is 0 Å². The highest BCUT2D eigenvalue weighted by Crippen LogP contribution is 2.28. The van der Waals surface area contributed by atoms with Crippen LogP contribution >= 0.6 is 0 Å². The highest BCUT2D eigenvalue weighted by molar-refractivity contribution is 6.21. The molecule has 2 heterocycles. The van der Waals surface area contributed by atoms with Gasteiger partial charge in [0.25, 0.3) is 11.8 Å². The molecule has 1 aromatic heterocycles. The normalized spacial score (nSPS) is 15.2. The lowest BCUT2D eigenvalue weighted by molar-refractivity contribution is -0.0237. The van der Waals surface area contributed by atoms with Gasteiger partial charge >= 0.3 is 0 Å². The Bertz CT molecular complexity index is 455. The first-order valence-corrected chi connectivity index (χ1v) is 5.27. The highest BCUT2D eigenvalue weighted by atomic mass is 16.3. The fraction of sp³-hybridized carbons (Fsp3) is 0.364. The van der Waals surface area contributed by atoms with Crippen molar-refractivity contribution in [3.8, 4) is 0 Å². The zero-order valence-corrected chi connectivity index (χ0v) is 9.41. The Balaban J connectivity index is 2.51. The van der Waals surface area contributed by atoms with Gasteiger partial charge in [-0.1, -0.05) is 0 Å². The van der Waals surface area contributed by atoms with E-state index in [4.69, 9.17) is 0 Å². The Hall–Kier alpha value is -1.83. The van der Waals surface area contributed by atoms with E-state index < -0.39 is 37.2 Å². The number of hydrogen-bond donors (Lipinski definition) is 3. The summed E-state index contributed by atoms with van der Waals surface area (Å²) in [6.45, 7) is -2.17. The third-order valence-corrected chi connectivity index (χ3v) is 3.05. The zero-order chi connectivity index (χ0) is 13.3. The van der Waals surface area contributed by atoms with Gasteiger partial charge in [0, 0.05) is 12.4 Å². The third-order valence-electron chi connectivity index (χ3n) is 3.05. The van der Waals surface area contributed by atoms with Gasteiger partial charge in [0.05, 0.1) is 30.9 Å². The molecule has 0 radical (unpaired) electrons. The van der Waals surface area contributed by atoms with Crippen LogP contribution in [0.3, 0.4) is 0 Å². The minimum atomic E-state index is -1.70. The number of rotatable bonds is 4. The largest absolute Gasteiger partial charge is 0.394 e. The molecule has 3 N–H and O–H groups in total. The van der Waals surface area contributed by atoms with Crippen molar-refractivity contribution in [1.29, 1.82) is 0 Å². The van der Waals surface area contributed by atoms with Gasteiger partial charge in [-0.15, -0.1) is 0 Å². The topological polar surface area (TPSA) is 111 Å². The Morgan fingerprint density at radius 1 is 1.06 bits per heavy atom. The summed E-state index contributed by atoms with van der Waals surface area (Å²) in [6.07, 6.45) is 2.61. The lowest BCUT2D eigenvalue weighted by atomic mass is 10.0. The molecule has 7 heteroatoms. The minimum absolute atomic E-state index is 0.0993. The van der Waals surface area contributed by atoms with Crippen molar-refractivity contribution in [2.24, 2.45) is 0 Å². The molecule has 1 aromatic rings. The maximum atomic E-state index is 12.1. The van der Waals surface area contributed by atoms with Crippen molar-refractivity contribution < 1.29 is 24.9 Å². The standard InChI is InChI=1S/C11H12N2O5/c14-4-11(5-15,6-16)13-9(17)7-1-2-12-3-8(7)10(13)18/h1-3,14-16H,4-6H2. The Kier molecular flexibility index (Phi) is 3.12. The van der Waals surface area contributed by atoms with Crippen molar-refractivity contribution >= 4 is 11.8 Å². The molecule has 0 saturated carbocycles. The van der Waals surface area contributed by atoms with E-state index in [1.54, 1.807) is 0 Å². The molecule has 0 bridgehead atoms. The van der Waals surface area contributed by atoms with Gasteiger partial charge in [0.15, 0.2) is 0 Å². The summed E-state index contributed by atoms with van der Waals surface area (Å²) in [5, 5.41) is 27.8. The predicted octanol–water partition coefficient (Wildman–Crippen LogP) is -1.61. The zero-order valence-electron chi connectivity index (χ0n) is 9.41. The first-order valence-electron chi connectivity index (χ1n) is 5.27. The molecule has 0 unspecified atom stereocenters. The molecule has 7 nitrogen and oxygen atoms in total. The summed E-state index contributed by atoms with van der Waals surface area (Å²) in [6, 6.07) is 1.38. The average molecular weight is 252 g/mol. The number of carbonyl (C=O) groups is 2. The van der Waals surface area contributed by atoms with E-state index in [1.807, 2.05) is 0 Å². The van der Waals surface area contributed by atoms with Gasteiger partial charge in [-0.3, -0.25) is 19.5 Å². The lowest BCUT2D eigenvalue weighted by Gasteiger charge is -2.35. The van der Waals surface area contributed by atoms with Crippen LogP contribution in [0, 0.1) is 0 Å². The molecule has 2 amide bonds. The Morgan fingerprint density at radius 2 is 1.61 bits per heavy atom. The van der Waals surface area contributed by atoms with Crippen LogP contribution in [0.5, 0.6) is 0 Å². The number of pyridine rings is 1. The van der Waals surface area contributed by atoms with Crippen LogP contribution in [0.1, 0.15) is 20.7 Å². The number of hydrogen-bond acceptors (Lipinski definition) is 6. The number of aliphatic hydroxyl groups is 3. The summed E-state index contributed by atoms with van der Waals surface area (Å²) in [5.74, 6) is -1.34. The molecule has 0 saturated heterocycles. The first kappa shape index (κ1) is 12.6. The van der Waals surface area contributed by atoms with E-state index in [0.717, 1.165) is 0 Å². The molecular formula is C11H12N2O5. The number of aliphatic hydroxyl groups excluding tert-OH is 3. The summed E-state index contributed by atoms with van der Waals surface area (Å²) in [5.41, 5.74) is -1.45. The predicted molar refractivity (Wildman–Crippen MR) is 58.7 cm³/mol. The number of amides is 2. The average Bonchev–Trinajstić information content (AvgIpc) is 2.67. The number of imide groups is 1. The van der Waals surface area contributed by atoms with E-state index in [0.29, 0.717) is 4.90 Å². The third kappa shape index (κ3) is 1.52. The highest BCUT2D eigenvalue weighted by Gasteiger charge is 2.48. The van der Waals surface area contributed by atoms with E-state index >= 15 is 0 Å². The van der Waals surface area contributed by atoms with Gasteiger partial charge in [0.1, 0.15) is 5.54 Å². The van der Waals surface area contributed by atoms with Gasteiger partial charge in [-0.05, 0) is 6.07 Å². The molecule has 0 aromatic carbocycles. The summed E-state index contributed by atoms with van der Waals surface area (Å²) >= 11 is 0. The Labute approximate surface area is 102 Å². The molecule has 18 heavy (non-hydrogen) atoms. The molecular weight excluding hydrogens is 240 g/mol. The molecule has 2 rings (SSSR count). The minimum Gasteiger partial charge on any atom is -0.394 e. The second kappa shape index (κ2) is 4.45. The van der Waals surface area contributed by atoms with Gasteiger partial charge in [-0.25, -0.2) is 0 Å². The molecule has 96 valence electrons. The van der Waals surface area contributed by atoms with E-state index in [9.17, 15) is 24.9 Å². The maximum Gasteiger partial charge on any atom is 0.263 e. The second-order valence-electron chi connectivity index (χ2n) is 4.07. The van der Waals surface area contributed by atoms with Crippen LogP contribution in [0.2, 0.25) is 0 Å². The maximum absolute atomic E-state index is 12.1. The lowest BCUT2D eigenvalue weighted by Crippen LogP contribution is -2.59. The molecule has 1 aliphatic rings. The smallest absolute Gasteiger partial charge is 0.263 e. The molecule has 0 spiro atoms. The van der Waals surface area contributed by atoms with E-state index in [1.165, 1.54) is 18.5 Å². The van der Waals surface area contributed by atoms with E-state index in [2.05, 4.69) is 4.98 Å². The number of carbonyl (C=O) groups excluding carboxylic acids is 2. The molecule has 0 fully saturated rings. The number of fused-ring (bicyclic) bond motifs is 1. The van der Waals surface area contributed by atoms with Crippen molar-refractivity contribution in [3.05, 3.63) is 29.6 Å². The van der Waals surface area contributed by atoms with E-state index in [-0.39, 0.29) is 11.1 Å². The second-order valence-corrected chi connectivity index (χ2v) is 4.07. The molecule has 0 aliphatic carbocycles. The summed E-state index contributed by atoms with van der Waals surface area (Å²) < 4.78 is 0. The first-order chi connectivity index (χ1) is 8.61. The quantitative estimate of drug-likeness (QED) is 0.556. The fourth-order valence-corrected chi connectivity index (χ4v) is 1.88. The fourth-order valence-electron chi connectivity index (χ4n) is 1.88. The van der Waals surface area contributed by atoms with Gasteiger partial charge < -0.3 is 15.3 Å². The van der Waals surface area contributed by atoms with Crippen LogP contribution < -0.4 is 0 Å². The van der Waals surface area contributed by atoms with Crippen LogP contribution in [0.4, 0.5) is 0 Å². The van der Waals surface area contributed by atoms with Gasteiger partial charge in [-0.2, -0.15) is 0 Å². The molecule has 1 aliphatic heterocycles. The molecule has 0 atom stereocenters. The van der Waals surface area contributed by atoms with Crippen molar-refractivity contribution in [3.63, 3.8) is 0 Å². The van der Waals surface area contributed by atoms with Crippen LogP contribution in [-0.4, -0.2) is 62.4 Å².